The van der Waals surface area contributed by atoms with E-state index in [9.17, 15) is 4.79 Å². The highest BCUT2D eigenvalue weighted by molar-refractivity contribution is 6.42. The maximum absolute atomic E-state index is 12.2. The highest BCUT2D eigenvalue weighted by atomic mass is 35.5. The Labute approximate surface area is 176 Å². The Morgan fingerprint density at radius 2 is 2.00 bits per heavy atom. The van der Waals surface area contributed by atoms with E-state index in [4.69, 9.17) is 23.2 Å². The number of carbonyl (C=O) groups excluding carboxylic acids is 1. The Morgan fingerprint density at radius 1 is 1.25 bits per heavy atom. The number of hydrazone groups is 1. The van der Waals surface area contributed by atoms with Crippen LogP contribution in [0.1, 0.15) is 61.5 Å². The minimum Gasteiger partial charge on any atom is -0.366 e. The van der Waals surface area contributed by atoms with E-state index in [0.29, 0.717) is 21.5 Å². The van der Waals surface area contributed by atoms with E-state index in [1.165, 1.54) is 17.3 Å². The number of halogens is 2. The molecule has 1 aliphatic heterocycles. The molecule has 0 bridgehead atoms. The number of carbonyl (C=O) groups is 1. The molecule has 1 N–H and O–H groups in total. The predicted octanol–water partition coefficient (Wildman–Crippen LogP) is 5.87. The van der Waals surface area contributed by atoms with Crippen LogP contribution >= 0.6 is 23.2 Å². The van der Waals surface area contributed by atoms with Crippen molar-refractivity contribution in [1.29, 1.82) is 0 Å². The first-order valence-corrected chi connectivity index (χ1v) is 10.2. The fourth-order valence-corrected chi connectivity index (χ4v) is 4.35. The van der Waals surface area contributed by atoms with Crippen LogP contribution in [-0.4, -0.2) is 24.2 Å². The zero-order valence-corrected chi connectivity index (χ0v) is 18.1. The van der Waals surface area contributed by atoms with Gasteiger partial charge < -0.3 is 4.90 Å². The van der Waals surface area contributed by atoms with Gasteiger partial charge in [0.15, 0.2) is 0 Å². The molecule has 0 saturated heterocycles. The zero-order valence-electron chi connectivity index (χ0n) is 16.6. The summed E-state index contributed by atoms with van der Waals surface area (Å²) < 4.78 is 0. The molecule has 1 aliphatic rings. The van der Waals surface area contributed by atoms with Crippen molar-refractivity contribution in [3.8, 4) is 0 Å². The lowest BCUT2D eigenvalue weighted by Crippen LogP contribution is -2.48. The molecule has 1 atom stereocenters. The average molecular weight is 418 g/mol. The second kappa shape index (κ2) is 8.14. The molecule has 1 amide bonds. The van der Waals surface area contributed by atoms with Gasteiger partial charge in [0.05, 0.1) is 16.3 Å². The van der Waals surface area contributed by atoms with E-state index in [0.717, 1.165) is 18.5 Å². The van der Waals surface area contributed by atoms with E-state index in [1.807, 2.05) is 6.07 Å². The normalized spacial score (nSPS) is 18.2. The first-order chi connectivity index (χ1) is 13.2. The molecule has 148 valence electrons. The van der Waals surface area contributed by atoms with Gasteiger partial charge in [0, 0.05) is 23.3 Å². The summed E-state index contributed by atoms with van der Waals surface area (Å²) in [5.41, 5.74) is 6.64. The molecule has 1 heterocycles. The number of nitrogens with zero attached hydrogens (tertiary/aromatic N) is 2. The summed E-state index contributed by atoms with van der Waals surface area (Å²) >= 11 is 11.8. The molecular formula is C22H25Cl2N3O. The van der Waals surface area contributed by atoms with Crippen LogP contribution < -0.4 is 10.3 Å². The summed E-state index contributed by atoms with van der Waals surface area (Å²) in [4.78, 5) is 14.7. The summed E-state index contributed by atoms with van der Waals surface area (Å²) in [6, 6.07) is 11.1. The fraction of sp³-hybridized carbons (Fsp3) is 0.364. The van der Waals surface area contributed by atoms with E-state index in [1.54, 1.807) is 18.3 Å². The van der Waals surface area contributed by atoms with Crippen molar-refractivity contribution in [2.45, 2.75) is 45.6 Å². The van der Waals surface area contributed by atoms with Crippen molar-refractivity contribution in [2.24, 2.45) is 5.10 Å². The molecule has 0 unspecified atom stereocenters. The standard InChI is InChI=1S/C22H25Cl2N3O/c1-5-27-20-9-6-15(10-17(20)14(2)12-22(27,3)4)13-25-26-21(28)16-7-8-18(23)19(24)11-16/h6-11,13-14H,5,12H2,1-4H3,(H,26,28)/b25-13-/t14-/m0/s1. The molecule has 4 nitrogen and oxygen atoms in total. The number of anilines is 1. The fourth-order valence-electron chi connectivity index (χ4n) is 4.06. The van der Waals surface area contributed by atoms with Crippen LogP contribution in [0.25, 0.3) is 0 Å². The van der Waals surface area contributed by atoms with Crippen molar-refractivity contribution >= 4 is 41.0 Å². The minimum atomic E-state index is -0.333. The number of nitrogens with one attached hydrogen (secondary N) is 1. The molecule has 0 aliphatic carbocycles. The van der Waals surface area contributed by atoms with Gasteiger partial charge in [-0.25, -0.2) is 5.43 Å². The van der Waals surface area contributed by atoms with Crippen molar-refractivity contribution in [1.82, 2.24) is 5.43 Å². The maximum Gasteiger partial charge on any atom is 0.271 e. The molecule has 2 aromatic rings. The largest absolute Gasteiger partial charge is 0.366 e. The molecule has 0 radical (unpaired) electrons. The van der Waals surface area contributed by atoms with Crippen LogP contribution in [0.2, 0.25) is 10.0 Å². The molecule has 3 rings (SSSR count). The quantitative estimate of drug-likeness (QED) is 0.499. The number of hydrogen-bond donors (Lipinski definition) is 1. The number of fused-ring (bicyclic) bond motifs is 1. The predicted molar refractivity (Wildman–Crippen MR) is 118 cm³/mol. The number of hydrogen-bond acceptors (Lipinski definition) is 3. The van der Waals surface area contributed by atoms with Crippen LogP contribution in [-0.2, 0) is 0 Å². The Kier molecular flexibility index (Phi) is 6.01. The molecular weight excluding hydrogens is 393 g/mol. The molecule has 0 spiro atoms. The number of benzene rings is 2. The van der Waals surface area contributed by atoms with Crippen LogP contribution in [0.5, 0.6) is 0 Å². The van der Waals surface area contributed by atoms with Crippen molar-refractivity contribution in [2.75, 3.05) is 11.4 Å². The van der Waals surface area contributed by atoms with E-state index < -0.39 is 0 Å². The Morgan fingerprint density at radius 3 is 2.68 bits per heavy atom. The van der Waals surface area contributed by atoms with E-state index in [2.05, 4.69) is 55.3 Å². The summed E-state index contributed by atoms with van der Waals surface area (Å²) in [5, 5.41) is 4.85. The minimum absolute atomic E-state index is 0.143. The molecule has 28 heavy (non-hydrogen) atoms. The summed E-state index contributed by atoms with van der Waals surface area (Å²) in [6.07, 6.45) is 2.76. The number of rotatable bonds is 4. The van der Waals surface area contributed by atoms with Crippen LogP contribution in [0.15, 0.2) is 41.5 Å². The average Bonchev–Trinajstić information content (AvgIpc) is 2.64. The molecule has 2 aromatic carbocycles. The monoisotopic (exact) mass is 417 g/mol. The SMILES string of the molecule is CCN1c2ccc(/C=N\NC(=O)c3ccc(Cl)c(Cl)c3)cc2[C@@H](C)CC1(C)C. The first-order valence-electron chi connectivity index (χ1n) is 9.43. The summed E-state index contributed by atoms with van der Waals surface area (Å²) in [6.45, 7) is 10.0. The Hall–Kier alpha value is -2.04. The van der Waals surface area contributed by atoms with Crippen LogP contribution in [0.3, 0.4) is 0 Å². The summed E-state index contributed by atoms with van der Waals surface area (Å²) in [7, 11) is 0. The third-order valence-electron chi connectivity index (χ3n) is 5.29. The molecule has 0 fully saturated rings. The smallest absolute Gasteiger partial charge is 0.271 e. The highest BCUT2D eigenvalue weighted by Gasteiger charge is 2.35. The highest BCUT2D eigenvalue weighted by Crippen LogP contribution is 2.43. The van der Waals surface area contributed by atoms with Crippen molar-refractivity contribution < 1.29 is 4.79 Å². The van der Waals surface area contributed by atoms with Gasteiger partial charge in [-0.3, -0.25) is 4.79 Å². The topological polar surface area (TPSA) is 44.7 Å². The van der Waals surface area contributed by atoms with Gasteiger partial charge in [-0.15, -0.1) is 0 Å². The van der Waals surface area contributed by atoms with Gasteiger partial charge >= 0.3 is 0 Å². The third-order valence-corrected chi connectivity index (χ3v) is 6.03. The van der Waals surface area contributed by atoms with Gasteiger partial charge in [0.2, 0.25) is 0 Å². The lowest BCUT2D eigenvalue weighted by atomic mass is 9.79. The second-order valence-electron chi connectivity index (χ2n) is 7.81. The van der Waals surface area contributed by atoms with Gasteiger partial charge in [-0.05, 0) is 74.6 Å². The van der Waals surface area contributed by atoms with Gasteiger partial charge in [0.25, 0.3) is 5.91 Å². The maximum atomic E-state index is 12.2. The van der Waals surface area contributed by atoms with Gasteiger partial charge in [-0.2, -0.15) is 5.10 Å². The van der Waals surface area contributed by atoms with Crippen molar-refractivity contribution in [3.63, 3.8) is 0 Å². The van der Waals surface area contributed by atoms with Crippen LogP contribution in [0.4, 0.5) is 5.69 Å². The van der Waals surface area contributed by atoms with Gasteiger partial charge in [-0.1, -0.05) is 36.2 Å². The van der Waals surface area contributed by atoms with Gasteiger partial charge in [0.1, 0.15) is 0 Å². The lowest BCUT2D eigenvalue weighted by molar-refractivity contribution is 0.0955. The first kappa shape index (κ1) is 20.7. The third kappa shape index (κ3) is 4.18. The Balaban J connectivity index is 1.76. The lowest BCUT2D eigenvalue weighted by Gasteiger charge is -2.47. The zero-order chi connectivity index (χ0) is 20.5. The van der Waals surface area contributed by atoms with E-state index in [-0.39, 0.29) is 11.4 Å². The molecule has 6 heteroatoms. The van der Waals surface area contributed by atoms with Crippen LogP contribution in [0, 0.1) is 0 Å². The van der Waals surface area contributed by atoms with Crippen molar-refractivity contribution in [3.05, 3.63) is 63.1 Å². The molecule has 0 saturated carbocycles. The Bertz CT molecular complexity index is 924. The molecule has 0 aromatic heterocycles. The number of amides is 1. The second-order valence-corrected chi connectivity index (χ2v) is 8.62. The van der Waals surface area contributed by atoms with E-state index >= 15 is 0 Å². The summed E-state index contributed by atoms with van der Waals surface area (Å²) in [5.74, 6) is 0.131.